The first-order valence-corrected chi connectivity index (χ1v) is 8.94. The Labute approximate surface area is 147 Å². The molecule has 6 heteroatoms. The van der Waals surface area contributed by atoms with Crippen LogP contribution in [0.5, 0.6) is 0 Å². The smallest absolute Gasteiger partial charge is 0.224 e. The van der Waals surface area contributed by atoms with Gasteiger partial charge in [0.1, 0.15) is 6.10 Å². The molecule has 1 aromatic rings. The summed E-state index contributed by atoms with van der Waals surface area (Å²) in [5.74, 6) is 0.269. The van der Waals surface area contributed by atoms with Gasteiger partial charge in [-0.15, -0.1) is 0 Å². The van der Waals surface area contributed by atoms with Crippen molar-refractivity contribution in [2.24, 2.45) is 0 Å². The van der Waals surface area contributed by atoms with Crippen molar-refractivity contribution in [1.29, 1.82) is 0 Å². The molecule has 2 aliphatic rings. The lowest BCUT2D eigenvalue weighted by atomic mass is 10.1. The van der Waals surface area contributed by atoms with Gasteiger partial charge >= 0.3 is 0 Å². The number of halogens is 1. The molecule has 0 radical (unpaired) electrons. The molecule has 1 atom stereocenters. The Kier molecular flexibility index (Phi) is 5.74. The number of likely N-dealkylation sites (tertiary alicyclic amines) is 1. The van der Waals surface area contributed by atoms with Crippen LogP contribution in [0.1, 0.15) is 37.4 Å². The van der Waals surface area contributed by atoms with Crippen LogP contribution in [0.4, 0.5) is 0 Å². The number of carbonyl (C=O) groups is 2. The van der Waals surface area contributed by atoms with Crippen molar-refractivity contribution < 1.29 is 14.3 Å². The van der Waals surface area contributed by atoms with Crippen molar-refractivity contribution in [3.8, 4) is 0 Å². The van der Waals surface area contributed by atoms with Crippen LogP contribution in [0.2, 0.25) is 5.02 Å². The molecule has 5 nitrogen and oxygen atoms in total. The van der Waals surface area contributed by atoms with Crippen LogP contribution >= 0.6 is 11.6 Å². The van der Waals surface area contributed by atoms with Crippen LogP contribution < -0.4 is 0 Å². The van der Waals surface area contributed by atoms with E-state index < -0.39 is 0 Å². The minimum atomic E-state index is -0.114. The molecule has 2 aliphatic heterocycles. The average molecular weight is 351 g/mol. The maximum absolute atomic E-state index is 12.5. The number of benzene rings is 1. The van der Waals surface area contributed by atoms with Crippen LogP contribution in [0.3, 0.4) is 0 Å². The maximum Gasteiger partial charge on any atom is 0.224 e. The van der Waals surface area contributed by atoms with Gasteiger partial charge in [0.05, 0.1) is 13.2 Å². The fraction of sp³-hybridized carbons (Fsp3) is 0.556. The second kappa shape index (κ2) is 7.99. The highest BCUT2D eigenvalue weighted by Crippen LogP contribution is 2.24. The van der Waals surface area contributed by atoms with Gasteiger partial charge in [-0.05, 0) is 30.5 Å². The van der Waals surface area contributed by atoms with Crippen LogP contribution in [-0.2, 0) is 14.3 Å². The van der Waals surface area contributed by atoms with Crippen molar-refractivity contribution in [3.63, 3.8) is 0 Å². The Bertz CT molecular complexity index is 590. The van der Waals surface area contributed by atoms with Gasteiger partial charge < -0.3 is 14.5 Å². The number of hydrogen-bond donors (Lipinski definition) is 0. The van der Waals surface area contributed by atoms with Gasteiger partial charge in [0.15, 0.2) is 0 Å². The van der Waals surface area contributed by atoms with E-state index in [2.05, 4.69) is 0 Å². The zero-order chi connectivity index (χ0) is 16.9. The summed E-state index contributed by atoms with van der Waals surface area (Å²) >= 11 is 5.92. The van der Waals surface area contributed by atoms with Gasteiger partial charge in [0.25, 0.3) is 0 Å². The van der Waals surface area contributed by atoms with E-state index in [0.717, 1.165) is 24.9 Å². The summed E-state index contributed by atoms with van der Waals surface area (Å²) in [4.78, 5) is 28.0. The first kappa shape index (κ1) is 17.2. The van der Waals surface area contributed by atoms with Crippen molar-refractivity contribution in [2.45, 2.75) is 31.8 Å². The molecule has 0 N–H and O–H groups in total. The van der Waals surface area contributed by atoms with Crippen LogP contribution in [-0.4, -0.2) is 54.4 Å². The fourth-order valence-corrected chi connectivity index (χ4v) is 3.37. The zero-order valence-electron chi connectivity index (χ0n) is 13.7. The number of amides is 2. The molecule has 2 heterocycles. The standard InChI is InChI=1S/C18H23ClN2O3/c19-15-6-4-14(5-7-15)16-13-21(11-12-24-16)18(23)8-10-20-9-2-1-3-17(20)22/h4-7,16H,1-3,8-13H2/t16-/m0/s1. The molecular formula is C18H23ClN2O3. The molecule has 0 spiro atoms. The maximum atomic E-state index is 12.5. The van der Waals surface area contributed by atoms with Crippen molar-refractivity contribution in [3.05, 3.63) is 34.9 Å². The highest BCUT2D eigenvalue weighted by molar-refractivity contribution is 6.30. The van der Waals surface area contributed by atoms with E-state index in [-0.39, 0.29) is 17.9 Å². The van der Waals surface area contributed by atoms with Crippen molar-refractivity contribution in [1.82, 2.24) is 9.80 Å². The fourth-order valence-electron chi connectivity index (χ4n) is 3.24. The Balaban J connectivity index is 1.53. The number of rotatable bonds is 4. The summed E-state index contributed by atoms with van der Waals surface area (Å²) in [6.07, 6.45) is 2.89. The van der Waals surface area contributed by atoms with Gasteiger partial charge in [0.2, 0.25) is 11.8 Å². The largest absolute Gasteiger partial charge is 0.370 e. The molecule has 0 bridgehead atoms. The highest BCUT2D eigenvalue weighted by Gasteiger charge is 2.26. The normalized spacial score (nSPS) is 21.9. The van der Waals surface area contributed by atoms with Crippen molar-refractivity contribution in [2.75, 3.05) is 32.8 Å². The molecule has 24 heavy (non-hydrogen) atoms. The number of ether oxygens (including phenoxy) is 1. The van der Waals surface area contributed by atoms with Gasteiger partial charge in [-0.25, -0.2) is 0 Å². The second-order valence-electron chi connectivity index (χ2n) is 6.34. The zero-order valence-corrected chi connectivity index (χ0v) is 14.5. The van der Waals surface area contributed by atoms with E-state index in [0.29, 0.717) is 44.1 Å². The highest BCUT2D eigenvalue weighted by atomic mass is 35.5. The summed E-state index contributed by atoms with van der Waals surface area (Å²) < 4.78 is 5.79. The molecule has 2 saturated heterocycles. The molecule has 0 aromatic heterocycles. The monoisotopic (exact) mass is 350 g/mol. The third-order valence-electron chi connectivity index (χ3n) is 4.68. The van der Waals surface area contributed by atoms with E-state index in [1.165, 1.54) is 0 Å². The van der Waals surface area contributed by atoms with Crippen LogP contribution in [0.15, 0.2) is 24.3 Å². The molecule has 2 fully saturated rings. The quantitative estimate of drug-likeness (QED) is 0.838. The summed E-state index contributed by atoms with van der Waals surface area (Å²) in [7, 11) is 0. The summed E-state index contributed by atoms with van der Waals surface area (Å²) in [5.41, 5.74) is 1.03. The number of morpholine rings is 1. The minimum Gasteiger partial charge on any atom is -0.370 e. The van der Waals surface area contributed by atoms with Gasteiger partial charge in [-0.2, -0.15) is 0 Å². The van der Waals surface area contributed by atoms with E-state index >= 15 is 0 Å². The van der Waals surface area contributed by atoms with Gasteiger partial charge in [-0.3, -0.25) is 9.59 Å². The number of carbonyl (C=O) groups excluding carboxylic acids is 2. The third-order valence-corrected chi connectivity index (χ3v) is 4.93. The van der Waals surface area contributed by atoms with Crippen LogP contribution in [0.25, 0.3) is 0 Å². The number of hydrogen-bond acceptors (Lipinski definition) is 3. The lowest BCUT2D eigenvalue weighted by molar-refractivity contribution is -0.140. The van der Waals surface area contributed by atoms with Crippen LogP contribution in [0, 0.1) is 0 Å². The molecule has 0 unspecified atom stereocenters. The summed E-state index contributed by atoms with van der Waals surface area (Å²) in [5, 5.41) is 0.689. The predicted octanol–water partition coefficient (Wildman–Crippen LogP) is 2.64. The lowest BCUT2D eigenvalue weighted by Gasteiger charge is -2.34. The Morgan fingerprint density at radius 3 is 2.75 bits per heavy atom. The SMILES string of the molecule is O=C1CCCCN1CCC(=O)N1CCO[C@H](c2ccc(Cl)cc2)C1. The number of nitrogens with zero attached hydrogens (tertiary/aromatic N) is 2. The topological polar surface area (TPSA) is 49.9 Å². The second-order valence-corrected chi connectivity index (χ2v) is 6.78. The van der Waals surface area contributed by atoms with Gasteiger partial charge in [0, 0.05) is 37.5 Å². The number of piperidine rings is 1. The molecule has 0 saturated carbocycles. The van der Waals surface area contributed by atoms with Gasteiger partial charge in [-0.1, -0.05) is 23.7 Å². The Hall–Kier alpha value is -1.59. The lowest BCUT2D eigenvalue weighted by Crippen LogP contribution is -2.44. The Morgan fingerprint density at radius 2 is 2.00 bits per heavy atom. The Morgan fingerprint density at radius 1 is 1.21 bits per heavy atom. The summed E-state index contributed by atoms with van der Waals surface area (Å²) in [6.45, 7) is 3.00. The molecule has 0 aliphatic carbocycles. The van der Waals surface area contributed by atoms with Crippen molar-refractivity contribution >= 4 is 23.4 Å². The first-order chi connectivity index (χ1) is 11.6. The molecule has 1 aromatic carbocycles. The molecule has 3 rings (SSSR count). The van der Waals surface area contributed by atoms with E-state index in [4.69, 9.17) is 16.3 Å². The minimum absolute atomic E-state index is 0.0932. The molecule has 130 valence electrons. The third kappa shape index (κ3) is 4.28. The predicted molar refractivity (Wildman–Crippen MR) is 91.8 cm³/mol. The average Bonchev–Trinajstić information content (AvgIpc) is 2.61. The van der Waals surface area contributed by atoms with E-state index in [9.17, 15) is 9.59 Å². The molecule has 2 amide bonds. The van der Waals surface area contributed by atoms with E-state index in [1.807, 2.05) is 34.1 Å². The van der Waals surface area contributed by atoms with E-state index in [1.54, 1.807) is 0 Å². The summed E-state index contributed by atoms with van der Waals surface area (Å²) in [6, 6.07) is 7.55. The molecular weight excluding hydrogens is 328 g/mol. The first-order valence-electron chi connectivity index (χ1n) is 8.56.